The van der Waals surface area contributed by atoms with Crippen molar-refractivity contribution in [2.45, 2.75) is 19.5 Å². The van der Waals surface area contributed by atoms with Gasteiger partial charge in [0.25, 0.3) is 5.91 Å². The van der Waals surface area contributed by atoms with E-state index in [-0.39, 0.29) is 5.91 Å². The SMILES string of the molecule is COc1cc(OC)c(OC)cc1C[NH2+][C@@H](C(=O)Nc1ccc(C)cc1)c1ccccc1. The first kappa shape index (κ1) is 22.2. The molecule has 3 aromatic carbocycles. The summed E-state index contributed by atoms with van der Waals surface area (Å²) in [6.45, 7) is 2.53. The van der Waals surface area contributed by atoms with Crippen LogP contribution in [0.25, 0.3) is 0 Å². The molecule has 3 N–H and O–H groups in total. The number of anilines is 1. The van der Waals surface area contributed by atoms with Crippen molar-refractivity contribution in [1.29, 1.82) is 0 Å². The summed E-state index contributed by atoms with van der Waals surface area (Å²) in [5.41, 5.74) is 3.74. The highest BCUT2D eigenvalue weighted by Gasteiger charge is 2.25. The van der Waals surface area contributed by atoms with Gasteiger partial charge in [0.05, 0.1) is 26.9 Å². The Labute approximate surface area is 183 Å². The Balaban J connectivity index is 1.84. The number of benzene rings is 3. The fourth-order valence-corrected chi connectivity index (χ4v) is 3.41. The number of nitrogens with two attached hydrogens (primary N) is 1. The molecule has 0 heterocycles. The summed E-state index contributed by atoms with van der Waals surface area (Å²) in [7, 11) is 4.80. The van der Waals surface area contributed by atoms with Crippen LogP contribution in [0.4, 0.5) is 5.69 Å². The van der Waals surface area contributed by atoms with Crippen LogP contribution in [0.2, 0.25) is 0 Å². The molecule has 162 valence electrons. The van der Waals surface area contributed by atoms with Gasteiger partial charge in [-0.05, 0) is 25.1 Å². The summed E-state index contributed by atoms with van der Waals surface area (Å²) in [6, 6.07) is 20.8. The van der Waals surface area contributed by atoms with Gasteiger partial charge in [-0.3, -0.25) is 4.79 Å². The van der Waals surface area contributed by atoms with Gasteiger partial charge in [0, 0.05) is 17.3 Å². The van der Waals surface area contributed by atoms with Gasteiger partial charge in [-0.2, -0.15) is 0 Å². The lowest BCUT2D eigenvalue weighted by Gasteiger charge is -2.18. The summed E-state index contributed by atoms with van der Waals surface area (Å²) in [4.78, 5) is 13.2. The molecule has 0 radical (unpaired) electrons. The second-order valence-electron chi connectivity index (χ2n) is 7.20. The summed E-state index contributed by atoms with van der Waals surface area (Å²) >= 11 is 0. The fraction of sp³-hybridized carbons (Fsp3) is 0.240. The summed E-state index contributed by atoms with van der Waals surface area (Å²) in [5, 5.41) is 5.02. The molecule has 0 aliphatic carbocycles. The van der Waals surface area contributed by atoms with Crippen LogP contribution in [0.3, 0.4) is 0 Å². The van der Waals surface area contributed by atoms with E-state index in [1.807, 2.05) is 72.9 Å². The molecule has 0 aliphatic heterocycles. The molecule has 0 aliphatic rings. The Bertz CT molecular complexity index is 1000. The maximum atomic E-state index is 13.2. The van der Waals surface area contributed by atoms with Gasteiger partial charge >= 0.3 is 0 Å². The lowest BCUT2D eigenvalue weighted by atomic mass is 10.0. The van der Waals surface area contributed by atoms with Crippen molar-refractivity contribution in [2.75, 3.05) is 26.6 Å². The Morgan fingerprint density at radius 3 is 2.10 bits per heavy atom. The second-order valence-corrected chi connectivity index (χ2v) is 7.20. The molecule has 1 amide bonds. The van der Waals surface area contributed by atoms with Crippen LogP contribution in [0.15, 0.2) is 66.7 Å². The molecule has 0 spiro atoms. The van der Waals surface area contributed by atoms with E-state index in [0.717, 1.165) is 22.4 Å². The van der Waals surface area contributed by atoms with E-state index < -0.39 is 6.04 Å². The number of methoxy groups -OCH3 is 3. The summed E-state index contributed by atoms with van der Waals surface area (Å²) in [6.07, 6.45) is 0. The third-order valence-electron chi connectivity index (χ3n) is 5.12. The molecule has 0 saturated heterocycles. The van der Waals surface area contributed by atoms with E-state index in [0.29, 0.717) is 23.8 Å². The molecular weight excluding hydrogens is 392 g/mol. The van der Waals surface area contributed by atoms with Crippen molar-refractivity contribution in [1.82, 2.24) is 0 Å². The fourth-order valence-electron chi connectivity index (χ4n) is 3.41. The monoisotopic (exact) mass is 421 g/mol. The van der Waals surface area contributed by atoms with Crippen LogP contribution in [0.5, 0.6) is 17.2 Å². The smallest absolute Gasteiger partial charge is 0.287 e. The van der Waals surface area contributed by atoms with Crippen LogP contribution >= 0.6 is 0 Å². The number of carbonyl (C=O) groups is 1. The predicted octanol–water partition coefficient (Wildman–Crippen LogP) is 3.46. The van der Waals surface area contributed by atoms with Gasteiger partial charge in [0.2, 0.25) is 0 Å². The number of amides is 1. The zero-order valence-electron chi connectivity index (χ0n) is 18.3. The largest absolute Gasteiger partial charge is 0.496 e. The van der Waals surface area contributed by atoms with Crippen LogP contribution in [-0.2, 0) is 11.3 Å². The van der Waals surface area contributed by atoms with Gasteiger partial charge < -0.3 is 24.8 Å². The molecule has 6 heteroatoms. The normalized spacial score (nSPS) is 11.5. The summed E-state index contributed by atoms with van der Waals surface area (Å²) in [5.74, 6) is 1.81. The van der Waals surface area contributed by atoms with E-state index in [4.69, 9.17) is 14.2 Å². The minimum Gasteiger partial charge on any atom is -0.496 e. The molecule has 6 nitrogen and oxygen atoms in total. The van der Waals surface area contributed by atoms with Crippen LogP contribution < -0.4 is 24.8 Å². The first-order valence-corrected chi connectivity index (χ1v) is 10.1. The van der Waals surface area contributed by atoms with Gasteiger partial charge in [-0.15, -0.1) is 0 Å². The van der Waals surface area contributed by atoms with Crippen molar-refractivity contribution in [3.8, 4) is 17.2 Å². The number of rotatable bonds is 9. The first-order valence-electron chi connectivity index (χ1n) is 10.1. The zero-order valence-corrected chi connectivity index (χ0v) is 18.3. The second kappa shape index (κ2) is 10.5. The third-order valence-corrected chi connectivity index (χ3v) is 5.12. The molecule has 3 rings (SSSR count). The highest BCUT2D eigenvalue weighted by atomic mass is 16.5. The lowest BCUT2D eigenvalue weighted by molar-refractivity contribution is -0.697. The Kier molecular flexibility index (Phi) is 7.51. The van der Waals surface area contributed by atoms with Crippen LogP contribution in [0.1, 0.15) is 22.7 Å². The number of hydrogen-bond donors (Lipinski definition) is 2. The van der Waals surface area contributed by atoms with Gasteiger partial charge in [0.15, 0.2) is 17.5 Å². The van der Waals surface area contributed by atoms with Crippen LogP contribution in [-0.4, -0.2) is 27.2 Å². The van der Waals surface area contributed by atoms with E-state index in [1.165, 1.54) is 0 Å². The molecule has 0 fully saturated rings. The minimum atomic E-state index is -0.430. The molecule has 0 aromatic heterocycles. The lowest BCUT2D eigenvalue weighted by Crippen LogP contribution is -2.85. The first-order chi connectivity index (χ1) is 15.0. The number of carbonyl (C=O) groups excluding carboxylic acids is 1. The maximum Gasteiger partial charge on any atom is 0.287 e. The van der Waals surface area contributed by atoms with E-state index >= 15 is 0 Å². The van der Waals surface area contributed by atoms with Gasteiger partial charge in [0.1, 0.15) is 12.3 Å². The quantitative estimate of drug-likeness (QED) is 0.555. The van der Waals surface area contributed by atoms with Crippen LogP contribution in [0, 0.1) is 6.92 Å². The number of ether oxygens (including phenoxy) is 3. The number of quaternary nitrogens is 1. The van der Waals surface area contributed by atoms with Crippen molar-refractivity contribution < 1.29 is 24.3 Å². The van der Waals surface area contributed by atoms with E-state index in [1.54, 1.807) is 27.4 Å². The Morgan fingerprint density at radius 1 is 0.871 bits per heavy atom. The molecule has 31 heavy (non-hydrogen) atoms. The highest BCUT2D eigenvalue weighted by Crippen LogP contribution is 2.34. The predicted molar refractivity (Wildman–Crippen MR) is 121 cm³/mol. The van der Waals surface area contributed by atoms with Gasteiger partial charge in [-0.1, -0.05) is 48.0 Å². The van der Waals surface area contributed by atoms with E-state index in [9.17, 15) is 4.79 Å². The summed E-state index contributed by atoms with van der Waals surface area (Å²) < 4.78 is 16.3. The molecule has 3 aromatic rings. The van der Waals surface area contributed by atoms with Crippen molar-refractivity contribution in [2.24, 2.45) is 0 Å². The average molecular weight is 422 g/mol. The van der Waals surface area contributed by atoms with Crippen molar-refractivity contribution in [3.63, 3.8) is 0 Å². The molecule has 0 bridgehead atoms. The standard InChI is InChI=1S/C25H28N2O4/c1-17-10-12-20(13-11-17)27-25(28)24(18-8-6-5-7-9-18)26-16-19-14-22(30-3)23(31-4)15-21(19)29-2/h5-15,24,26H,16H2,1-4H3,(H,27,28)/p+1/t24-/m1/s1. The Hall–Kier alpha value is -3.51. The molecule has 0 saturated carbocycles. The van der Waals surface area contributed by atoms with Crippen molar-refractivity contribution in [3.05, 3.63) is 83.4 Å². The minimum absolute atomic E-state index is 0.0884. The van der Waals surface area contributed by atoms with E-state index in [2.05, 4.69) is 5.32 Å². The molecular formula is C25H29N2O4+. The molecule has 0 unspecified atom stereocenters. The highest BCUT2D eigenvalue weighted by molar-refractivity contribution is 5.94. The number of hydrogen-bond acceptors (Lipinski definition) is 4. The maximum absolute atomic E-state index is 13.2. The number of aryl methyl sites for hydroxylation is 1. The number of nitrogens with one attached hydrogen (secondary N) is 1. The molecule has 1 atom stereocenters. The van der Waals surface area contributed by atoms with Gasteiger partial charge in [-0.25, -0.2) is 0 Å². The average Bonchev–Trinajstić information content (AvgIpc) is 2.80. The topological polar surface area (TPSA) is 73.4 Å². The zero-order chi connectivity index (χ0) is 22.2. The van der Waals surface area contributed by atoms with Crippen molar-refractivity contribution >= 4 is 11.6 Å². The third kappa shape index (κ3) is 5.55. The Morgan fingerprint density at radius 2 is 1.48 bits per heavy atom.